The summed E-state index contributed by atoms with van der Waals surface area (Å²) in [5.41, 5.74) is 0.939. The third-order valence-corrected chi connectivity index (χ3v) is 5.33. The van der Waals surface area contributed by atoms with Crippen molar-refractivity contribution in [3.05, 3.63) is 36.0 Å². The SMILES string of the molecule is O=C(O)CC(NC(=O)Cc1cn([C@@H]2O[C@H](CO)[C@@H](O)[C@H](O)[C@H]2O)c2ccccc12)C(=O)O. The van der Waals surface area contributed by atoms with Crippen LogP contribution in [0, 0.1) is 0 Å². The molecule has 2 heterocycles. The minimum Gasteiger partial charge on any atom is -0.481 e. The average Bonchev–Trinajstić information content (AvgIpc) is 3.09. The lowest BCUT2D eigenvalue weighted by atomic mass is 9.98. The van der Waals surface area contributed by atoms with Gasteiger partial charge in [0.1, 0.15) is 30.5 Å². The summed E-state index contributed by atoms with van der Waals surface area (Å²) in [6, 6.07) is 5.15. The standard InChI is InChI=1S/C20H24N2O10/c23-8-13-16(27)17(28)18(29)19(32-13)22-7-9(10-3-1-2-4-12(10)22)5-14(24)21-11(20(30)31)6-15(25)26/h1-4,7,11,13,16-19,23,27-29H,5-6,8H2,(H,21,24)(H,25,26)(H,30,31)/t11?,13-,16-,17+,18-,19-/m1/s1. The number of carbonyl (C=O) groups excluding carboxylic acids is 1. The number of para-hydroxylation sites is 1. The van der Waals surface area contributed by atoms with Crippen molar-refractivity contribution in [1.82, 2.24) is 9.88 Å². The largest absolute Gasteiger partial charge is 0.481 e. The second-order valence-corrected chi connectivity index (χ2v) is 7.53. The van der Waals surface area contributed by atoms with Crippen molar-refractivity contribution in [2.24, 2.45) is 0 Å². The van der Waals surface area contributed by atoms with Crippen LogP contribution in [0.2, 0.25) is 0 Å². The van der Waals surface area contributed by atoms with Gasteiger partial charge in [0.2, 0.25) is 5.91 Å². The Morgan fingerprint density at radius 2 is 1.75 bits per heavy atom. The number of carboxylic acid groups (broad SMARTS) is 2. The quantitative estimate of drug-likeness (QED) is 0.240. The molecule has 0 saturated carbocycles. The second-order valence-electron chi connectivity index (χ2n) is 7.53. The molecule has 1 aliphatic heterocycles. The monoisotopic (exact) mass is 452 g/mol. The third kappa shape index (κ3) is 4.74. The number of benzene rings is 1. The minimum atomic E-state index is -1.60. The van der Waals surface area contributed by atoms with E-state index in [2.05, 4.69) is 5.32 Å². The van der Waals surface area contributed by atoms with Gasteiger partial charge in [-0.15, -0.1) is 0 Å². The van der Waals surface area contributed by atoms with Crippen LogP contribution in [0.1, 0.15) is 18.2 Å². The molecule has 32 heavy (non-hydrogen) atoms. The Kier molecular flexibility index (Phi) is 7.11. The van der Waals surface area contributed by atoms with Gasteiger partial charge in [0.15, 0.2) is 6.23 Å². The number of nitrogens with one attached hydrogen (secondary N) is 1. The summed E-state index contributed by atoms with van der Waals surface area (Å²) in [7, 11) is 0. The van der Waals surface area contributed by atoms with Gasteiger partial charge in [-0.3, -0.25) is 9.59 Å². The highest BCUT2D eigenvalue weighted by molar-refractivity contribution is 5.92. The molecule has 7 N–H and O–H groups in total. The molecule has 1 amide bonds. The molecule has 3 rings (SSSR count). The van der Waals surface area contributed by atoms with Crippen molar-refractivity contribution in [2.75, 3.05) is 6.61 Å². The van der Waals surface area contributed by atoms with Crippen LogP contribution in [0.25, 0.3) is 10.9 Å². The summed E-state index contributed by atoms with van der Waals surface area (Å²) in [6.07, 6.45) is -6.58. The first-order chi connectivity index (χ1) is 15.1. The first kappa shape index (κ1) is 23.6. The Hall–Kier alpha value is -3.03. The number of carbonyl (C=O) groups is 3. The van der Waals surface area contributed by atoms with Gasteiger partial charge >= 0.3 is 11.9 Å². The van der Waals surface area contributed by atoms with E-state index < -0.39 is 67.6 Å². The van der Waals surface area contributed by atoms with Gasteiger partial charge in [0, 0.05) is 11.6 Å². The van der Waals surface area contributed by atoms with Crippen molar-refractivity contribution in [1.29, 1.82) is 0 Å². The molecule has 2 aromatic rings. The lowest BCUT2D eigenvalue weighted by molar-refractivity contribution is -0.250. The number of aliphatic hydroxyl groups excluding tert-OH is 4. The fourth-order valence-electron chi connectivity index (χ4n) is 3.73. The Morgan fingerprint density at radius 1 is 1.06 bits per heavy atom. The number of fused-ring (bicyclic) bond motifs is 1. The molecule has 1 saturated heterocycles. The summed E-state index contributed by atoms with van der Waals surface area (Å²) in [5, 5.41) is 60.7. The van der Waals surface area contributed by atoms with Gasteiger partial charge in [0.25, 0.3) is 0 Å². The van der Waals surface area contributed by atoms with Crippen LogP contribution in [0.15, 0.2) is 30.5 Å². The van der Waals surface area contributed by atoms with Crippen LogP contribution in [-0.2, 0) is 25.5 Å². The molecule has 1 fully saturated rings. The van der Waals surface area contributed by atoms with Crippen LogP contribution in [0.3, 0.4) is 0 Å². The molecule has 1 aromatic carbocycles. The predicted octanol–water partition coefficient (Wildman–Crippen LogP) is -1.80. The average molecular weight is 452 g/mol. The smallest absolute Gasteiger partial charge is 0.326 e. The molecule has 1 aliphatic rings. The zero-order chi connectivity index (χ0) is 23.6. The van der Waals surface area contributed by atoms with E-state index in [0.717, 1.165) is 0 Å². The first-order valence-corrected chi connectivity index (χ1v) is 9.77. The van der Waals surface area contributed by atoms with Crippen molar-refractivity contribution in [3.63, 3.8) is 0 Å². The van der Waals surface area contributed by atoms with Crippen LogP contribution in [0.5, 0.6) is 0 Å². The van der Waals surface area contributed by atoms with E-state index in [4.69, 9.17) is 14.9 Å². The summed E-state index contributed by atoms with van der Waals surface area (Å²) >= 11 is 0. The van der Waals surface area contributed by atoms with Crippen LogP contribution in [0.4, 0.5) is 0 Å². The number of carboxylic acids is 2. The molecule has 0 spiro atoms. The number of ether oxygens (including phenoxy) is 1. The highest BCUT2D eigenvalue weighted by Gasteiger charge is 2.44. The molecule has 174 valence electrons. The van der Waals surface area contributed by atoms with E-state index in [0.29, 0.717) is 16.5 Å². The Bertz CT molecular complexity index is 1000. The number of amides is 1. The van der Waals surface area contributed by atoms with Crippen molar-refractivity contribution >= 4 is 28.7 Å². The maximum absolute atomic E-state index is 12.4. The number of hydrogen-bond donors (Lipinski definition) is 7. The van der Waals surface area contributed by atoms with Gasteiger partial charge < -0.3 is 45.3 Å². The number of rotatable bonds is 8. The van der Waals surface area contributed by atoms with E-state index >= 15 is 0 Å². The van der Waals surface area contributed by atoms with Gasteiger partial charge in [-0.05, 0) is 11.6 Å². The molecule has 6 atom stereocenters. The minimum absolute atomic E-state index is 0.297. The summed E-state index contributed by atoms with van der Waals surface area (Å²) < 4.78 is 7.04. The third-order valence-electron chi connectivity index (χ3n) is 5.33. The first-order valence-electron chi connectivity index (χ1n) is 9.77. The van der Waals surface area contributed by atoms with E-state index in [9.17, 15) is 34.8 Å². The second kappa shape index (κ2) is 9.63. The van der Waals surface area contributed by atoms with E-state index in [1.807, 2.05) is 0 Å². The summed E-state index contributed by atoms with van der Waals surface area (Å²) in [4.78, 5) is 34.5. The number of aromatic nitrogens is 1. The predicted molar refractivity (Wildman–Crippen MR) is 106 cm³/mol. The topological polar surface area (TPSA) is 199 Å². The van der Waals surface area contributed by atoms with E-state index in [1.165, 1.54) is 10.8 Å². The van der Waals surface area contributed by atoms with Crippen LogP contribution < -0.4 is 5.32 Å². The zero-order valence-electron chi connectivity index (χ0n) is 16.7. The van der Waals surface area contributed by atoms with Gasteiger partial charge in [0.05, 0.1) is 25.0 Å². The maximum Gasteiger partial charge on any atom is 0.326 e. The normalized spacial score (nSPS) is 26.6. The Balaban J connectivity index is 1.90. The van der Waals surface area contributed by atoms with Crippen molar-refractivity contribution in [3.8, 4) is 0 Å². The zero-order valence-corrected chi connectivity index (χ0v) is 16.7. The van der Waals surface area contributed by atoms with Crippen LogP contribution >= 0.6 is 0 Å². The maximum atomic E-state index is 12.4. The molecule has 0 radical (unpaired) electrons. The molecule has 0 bridgehead atoms. The summed E-state index contributed by atoms with van der Waals surface area (Å²) in [5.74, 6) is -3.59. The number of aliphatic carboxylic acids is 2. The van der Waals surface area contributed by atoms with E-state index in [1.54, 1.807) is 24.3 Å². The fourth-order valence-corrected chi connectivity index (χ4v) is 3.73. The molecule has 12 nitrogen and oxygen atoms in total. The Labute approximate surface area is 181 Å². The van der Waals surface area contributed by atoms with Gasteiger partial charge in [-0.25, -0.2) is 4.79 Å². The van der Waals surface area contributed by atoms with Crippen molar-refractivity contribution < 1.29 is 49.8 Å². The number of hydrogen-bond acceptors (Lipinski definition) is 8. The highest BCUT2D eigenvalue weighted by atomic mass is 16.6. The highest BCUT2D eigenvalue weighted by Crippen LogP contribution is 2.33. The summed E-state index contributed by atoms with van der Waals surface area (Å²) in [6.45, 7) is -0.601. The lowest BCUT2D eigenvalue weighted by Crippen LogP contribution is -2.56. The van der Waals surface area contributed by atoms with Crippen LogP contribution in [-0.4, -0.2) is 90.1 Å². The molecule has 1 aromatic heterocycles. The number of nitrogens with zero attached hydrogens (tertiary/aromatic N) is 1. The molecular weight excluding hydrogens is 428 g/mol. The Morgan fingerprint density at radius 3 is 2.38 bits per heavy atom. The molecule has 0 aliphatic carbocycles. The van der Waals surface area contributed by atoms with Gasteiger partial charge in [-0.1, -0.05) is 18.2 Å². The molecule has 12 heteroatoms. The lowest BCUT2D eigenvalue weighted by Gasteiger charge is -2.40. The van der Waals surface area contributed by atoms with E-state index in [-0.39, 0.29) is 6.42 Å². The fraction of sp³-hybridized carbons (Fsp3) is 0.450. The van der Waals surface area contributed by atoms with Crippen molar-refractivity contribution in [2.45, 2.75) is 49.5 Å². The van der Waals surface area contributed by atoms with Gasteiger partial charge in [-0.2, -0.15) is 0 Å². The molecular formula is C20H24N2O10. The molecule has 1 unspecified atom stereocenters. The number of aliphatic hydroxyl groups is 4.